The van der Waals surface area contributed by atoms with Crippen molar-refractivity contribution in [3.8, 4) is 11.3 Å². The Morgan fingerprint density at radius 3 is 2.53 bits per heavy atom. The second-order valence-corrected chi connectivity index (χ2v) is 21.0. The average Bonchev–Trinajstić information content (AvgIpc) is 3.34. The van der Waals surface area contributed by atoms with Gasteiger partial charge in [-0.2, -0.15) is 5.10 Å². The van der Waals surface area contributed by atoms with Gasteiger partial charge in [0.25, 0.3) is 11.5 Å². The smallest absolute Gasteiger partial charge is 0.289 e. The van der Waals surface area contributed by atoms with Gasteiger partial charge in [0.15, 0.2) is 0 Å². The highest BCUT2D eigenvalue weighted by Crippen LogP contribution is 2.37. The van der Waals surface area contributed by atoms with Gasteiger partial charge >= 0.3 is 0 Å². The zero-order valence-corrected chi connectivity index (χ0v) is 29.9. The maximum absolute atomic E-state index is 14.2. The van der Waals surface area contributed by atoms with Crippen LogP contribution < -0.4 is 15.9 Å². The van der Waals surface area contributed by atoms with Crippen LogP contribution in [-0.4, -0.2) is 89.5 Å². The van der Waals surface area contributed by atoms with Crippen molar-refractivity contribution in [3.63, 3.8) is 0 Å². The fourth-order valence-corrected chi connectivity index (χ4v) is 7.24. The van der Waals surface area contributed by atoms with E-state index in [1.54, 1.807) is 49.0 Å². The molecule has 0 atom stereocenters. The van der Waals surface area contributed by atoms with Crippen molar-refractivity contribution < 1.29 is 22.8 Å². The molecule has 0 radical (unpaired) electrons. The molecule has 0 bridgehead atoms. The fraction of sp³-hybridized carbons (Fsp3) is 0.500. The molecule has 2 N–H and O–H groups in total. The Kier molecular flexibility index (Phi) is 9.38. The molecule has 1 fully saturated rings. The lowest BCUT2D eigenvalue weighted by atomic mass is 10.1. The monoisotopic (exact) mass is 685 g/mol. The number of fused-ring (bicyclic) bond motifs is 1. The first-order valence-electron chi connectivity index (χ1n) is 15.3. The third kappa shape index (κ3) is 7.74. The number of nitrogens with zero attached hydrogens (tertiary/aromatic N) is 7. The highest BCUT2D eigenvalue weighted by atomic mass is 32.2. The molecule has 1 aromatic carbocycles. The summed E-state index contributed by atoms with van der Waals surface area (Å²) in [7, 11) is 0.962. The number of imidazole rings is 1. The summed E-state index contributed by atoms with van der Waals surface area (Å²) in [4.78, 5) is 41.7. The molecule has 17 heteroatoms. The highest BCUT2D eigenvalue weighted by molar-refractivity contribution is 7.89. The van der Waals surface area contributed by atoms with Gasteiger partial charge in [-0.25, -0.2) is 18.1 Å². The maximum atomic E-state index is 14.2. The Hall–Kier alpha value is -4.06. The number of benzene rings is 1. The van der Waals surface area contributed by atoms with Crippen LogP contribution in [0, 0.1) is 0 Å². The largest absolute Gasteiger partial charge is 0.396 e. The number of aryl methyl sites for hydroxylation is 1. The molecule has 15 nitrogen and oxygen atoms in total. The zero-order valence-electron chi connectivity index (χ0n) is 28.1. The molecule has 5 rings (SSSR count). The van der Waals surface area contributed by atoms with E-state index in [0.29, 0.717) is 19.4 Å². The highest BCUT2D eigenvalue weighted by Gasteiger charge is 2.41. The summed E-state index contributed by atoms with van der Waals surface area (Å²) in [6, 6.07) is 3.75. The number of carbonyl (C=O) groups is 1. The molecule has 0 spiro atoms. The van der Waals surface area contributed by atoms with E-state index in [1.165, 1.54) is 28.7 Å². The lowest BCUT2D eigenvalue weighted by Crippen LogP contribution is -2.37. The Labute approximate surface area is 274 Å². The minimum atomic E-state index is -4.05. The van der Waals surface area contributed by atoms with Crippen LogP contribution in [0.1, 0.15) is 35.9 Å². The molecule has 0 unspecified atom stereocenters. The van der Waals surface area contributed by atoms with Crippen LogP contribution in [0.15, 0.2) is 45.6 Å². The van der Waals surface area contributed by atoms with E-state index < -0.39 is 29.2 Å². The van der Waals surface area contributed by atoms with Gasteiger partial charge in [0.1, 0.15) is 13.8 Å². The van der Waals surface area contributed by atoms with Gasteiger partial charge in [0.05, 0.1) is 34.2 Å². The first-order chi connectivity index (χ1) is 22.0. The van der Waals surface area contributed by atoms with Crippen LogP contribution in [0.25, 0.3) is 22.2 Å². The third-order valence-electron chi connectivity index (χ3n) is 7.92. The number of aromatic nitrogens is 6. The zero-order chi connectivity index (χ0) is 34.3. The number of sulfonamides is 1. The summed E-state index contributed by atoms with van der Waals surface area (Å²) in [5.74, 6) is -0.255. The molecule has 47 heavy (non-hydrogen) atoms. The number of H-pyrrole nitrogens is 1. The maximum Gasteiger partial charge on any atom is 0.289 e. The van der Waals surface area contributed by atoms with Crippen LogP contribution in [0.5, 0.6) is 0 Å². The van der Waals surface area contributed by atoms with Gasteiger partial charge in [0, 0.05) is 64.9 Å². The Morgan fingerprint density at radius 2 is 1.94 bits per heavy atom. The van der Waals surface area contributed by atoms with Crippen molar-refractivity contribution in [2.75, 3.05) is 27.8 Å². The molecule has 4 aromatic rings. The lowest BCUT2D eigenvalue weighted by molar-refractivity contribution is 0.0714. The van der Waals surface area contributed by atoms with E-state index in [0.717, 1.165) is 11.6 Å². The predicted octanol–water partition coefficient (Wildman–Crippen LogP) is 2.28. The molecule has 3 heterocycles. The normalized spacial score (nSPS) is 14.9. The summed E-state index contributed by atoms with van der Waals surface area (Å²) in [6.45, 7) is 9.27. The third-order valence-corrected chi connectivity index (χ3v) is 11.2. The summed E-state index contributed by atoms with van der Waals surface area (Å²) in [6.07, 6.45) is 6.44. The van der Waals surface area contributed by atoms with Crippen LogP contribution in [0.4, 0.5) is 0 Å². The van der Waals surface area contributed by atoms with Gasteiger partial charge in [-0.05, 0) is 43.1 Å². The average molecular weight is 686 g/mol. The summed E-state index contributed by atoms with van der Waals surface area (Å²) < 4.78 is 40.7. The molecule has 1 aliphatic carbocycles. The fourth-order valence-electron chi connectivity index (χ4n) is 4.97. The molecule has 0 saturated heterocycles. The standard InChI is InChI=1S/C30H43N9O6SSi/c1-30(9-10-30)35-46(42,43)21-13-22(24-18-38(19-45-11-12-47(6,7)8)26(32-24)28(41)36(2)3)25-23(14-21)27(40)39(29(33-25)34-44-5)17-20-15-31-37(4)16-20/h13-16,18,35H,9-12,17,19H2,1-8H3,(H,33,34). The summed E-state index contributed by atoms with van der Waals surface area (Å²) in [5, 5.41) is 8.35. The van der Waals surface area contributed by atoms with Gasteiger partial charge in [-0.3, -0.25) is 18.8 Å². The van der Waals surface area contributed by atoms with Crippen LogP contribution >= 0.6 is 0 Å². The molecule has 3 aromatic heterocycles. The van der Waals surface area contributed by atoms with E-state index in [1.807, 2.05) is 6.92 Å². The molecule has 1 amide bonds. The number of carbonyl (C=O) groups excluding carboxylic acids is 1. The van der Waals surface area contributed by atoms with E-state index >= 15 is 0 Å². The number of nitrogens with one attached hydrogen (secondary N) is 2. The van der Waals surface area contributed by atoms with Gasteiger partial charge < -0.3 is 24.0 Å². The van der Waals surface area contributed by atoms with E-state index in [2.05, 4.69) is 44.6 Å². The number of amides is 1. The minimum absolute atomic E-state index is 0.0636. The van der Waals surface area contributed by atoms with Gasteiger partial charge in [-0.1, -0.05) is 19.6 Å². The topological polar surface area (TPSA) is 171 Å². The molecular weight excluding hydrogens is 643 g/mol. The first-order valence-corrected chi connectivity index (χ1v) is 20.5. The van der Waals surface area contributed by atoms with Crippen molar-refractivity contribution in [2.45, 2.75) is 69.2 Å². The minimum Gasteiger partial charge on any atom is -0.396 e. The van der Waals surface area contributed by atoms with Gasteiger partial charge in [0.2, 0.25) is 21.5 Å². The number of ether oxygens (including phenoxy) is 1. The molecule has 1 saturated carbocycles. The summed E-state index contributed by atoms with van der Waals surface area (Å²) in [5.41, 5.74) is 0.589. The van der Waals surface area contributed by atoms with E-state index in [9.17, 15) is 18.0 Å². The van der Waals surface area contributed by atoms with Crippen molar-refractivity contribution in [2.24, 2.45) is 12.2 Å². The molecule has 1 aliphatic rings. The van der Waals surface area contributed by atoms with Crippen molar-refractivity contribution in [1.82, 2.24) is 38.5 Å². The van der Waals surface area contributed by atoms with Gasteiger partial charge in [-0.15, -0.1) is 0 Å². The van der Waals surface area contributed by atoms with Crippen LogP contribution in [-0.2, 0) is 39.9 Å². The van der Waals surface area contributed by atoms with Crippen molar-refractivity contribution >= 4 is 34.9 Å². The SMILES string of the molecule is CO/N=c1\[nH]c2c(-c3cn(COCC[Si](C)(C)C)c(C(=O)N(C)C)n3)cc(S(=O)(=O)NC3(C)CC3)cc2c(=O)n1Cc1cnn(C)c1. The quantitative estimate of drug-likeness (QED) is 0.123. The Balaban J connectivity index is 1.73. The predicted molar refractivity (Wildman–Crippen MR) is 179 cm³/mol. The lowest BCUT2D eigenvalue weighted by Gasteiger charge is -2.16. The molecule has 254 valence electrons. The number of aromatic amines is 1. The Morgan fingerprint density at radius 1 is 1.21 bits per heavy atom. The number of rotatable bonds is 13. The molecular formula is C30H43N9O6SSi. The van der Waals surface area contributed by atoms with Crippen LogP contribution in [0.2, 0.25) is 25.7 Å². The second kappa shape index (κ2) is 12.9. The van der Waals surface area contributed by atoms with E-state index in [4.69, 9.17) is 9.57 Å². The van der Waals surface area contributed by atoms with Crippen LogP contribution in [0.3, 0.4) is 0 Å². The second-order valence-electron chi connectivity index (χ2n) is 13.7. The van der Waals surface area contributed by atoms with E-state index in [-0.39, 0.29) is 57.7 Å². The first kappa shape index (κ1) is 34.3. The van der Waals surface area contributed by atoms with Crippen molar-refractivity contribution in [3.05, 3.63) is 58.1 Å². The number of hydrogen-bond donors (Lipinski definition) is 2. The summed E-state index contributed by atoms with van der Waals surface area (Å²) >= 11 is 0. The Bertz CT molecular complexity index is 2050. The molecule has 0 aliphatic heterocycles. The number of hydrogen-bond acceptors (Lipinski definition) is 9. The van der Waals surface area contributed by atoms with Crippen molar-refractivity contribution in [1.29, 1.82) is 0 Å².